The van der Waals surface area contributed by atoms with E-state index in [1.54, 1.807) is 30.3 Å². The molecule has 0 bridgehead atoms. The number of nitrogens with one attached hydrogen (secondary N) is 2. The van der Waals surface area contributed by atoms with E-state index < -0.39 is 0 Å². The first-order valence-electron chi connectivity index (χ1n) is 3.49. The minimum absolute atomic E-state index is 0.354. The molecule has 0 aromatic heterocycles. The minimum atomic E-state index is -0.354. The fraction of sp³-hybridized carbons (Fsp3) is 0. The van der Waals surface area contributed by atoms with Crippen molar-refractivity contribution >= 4 is 5.91 Å². The summed E-state index contributed by atoms with van der Waals surface area (Å²) in [7, 11) is 0. The quantitative estimate of drug-likeness (QED) is 0.314. The van der Waals surface area contributed by atoms with Crippen molar-refractivity contribution in [3.63, 3.8) is 0 Å². The number of hydrogen-bond donors (Lipinski definition) is 2. The van der Waals surface area contributed by atoms with Gasteiger partial charge < -0.3 is 0 Å². The molecule has 1 aromatic carbocycles. The average molecular weight is 177 g/mol. The Morgan fingerprint density at radius 3 is 2.69 bits per heavy atom. The molecule has 0 unspecified atom stereocenters. The summed E-state index contributed by atoms with van der Waals surface area (Å²) in [6, 6.07) is 8.57. The fourth-order valence-electron chi connectivity index (χ4n) is 0.760. The Morgan fingerprint density at radius 1 is 1.38 bits per heavy atom. The highest BCUT2D eigenvalue weighted by Crippen LogP contribution is 1.96. The van der Waals surface area contributed by atoms with Crippen molar-refractivity contribution in [1.82, 2.24) is 11.0 Å². The van der Waals surface area contributed by atoms with Crippen LogP contribution in [0, 0.1) is 0 Å². The lowest BCUT2D eigenvalue weighted by atomic mass is 10.2. The van der Waals surface area contributed by atoms with Gasteiger partial charge in [0.2, 0.25) is 0 Å². The largest absolute Gasteiger partial charge is 0.286 e. The van der Waals surface area contributed by atoms with Crippen molar-refractivity contribution in [3.8, 4) is 0 Å². The molecule has 0 spiro atoms. The Balaban J connectivity index is 2.54. The molecule has 0 atom stereocenters. The first kappa shape index (κ1) is 8.89. The predicted octanol–water partition coefficient (Wildman–Crippen LogP) is 1.15. The van der Waals surface area contributed by atoms with E-state index in [9.17, 15) is 4.79 Å². The predicted molar refractivity (Wildman–Crippen MR) is 46.2 cm³/mol. The second kappa shape index (κ2) is 4.63. The molecule has 0 aliphatic heterocycles. The van der Waals surface area contributed by atoms with Crippen LogP contribution in [0.1, 0.15) is 10.4 Å². The summed E-state index contributed by atoms with van der Waals surface area (Å²) < 4.78 is 0. The van der Waals surface area contributed by atoms with Crippen molar-refractivity contribution in [2.45, 2.75) is 0 Å². The Labute approximate surface area is 74.1 Å². The molecule has 0 saturated heterocycles. The summed E-state index contributed by atoms with van der Waals surface area (Å²) in [5.41, 5.74) is 12.6. The van der Waals surface area contributed by atoms with Crippen LogP contribution in [0.5, 0.6) is 0 Å². The number of carbonyl (C=O) groups is 1. The first-order valence-corrected chi connectivity index (χ1v) is 3.49. The number of carbonyl (C=O) groups excluding carboxylic acids is 1. The lowest BCUT2D eigenvalue weighted by Gasteiger charge is -1.98. The zero-order valence-electron chi connectivity index (χ0n) is 6.64. The Hall–Kier alpha value is -2.20. The van der Waals surface area contributed by atoms with Crippen LogP contribution in [0.25, 0.3) is 10.4 Å². The SMILES string of the molecule is [N-]=[N+]=NNNC(=O)c1ccccc1. The van der Waals surface area contributed by atoms with Crippen LogP contribution in [0.3, 0.4) is 0 Å². The molecular weight excluding hydrogens is 170 g/mol. The standard InChI is InChI=1S/C7H7N5O/c8-10-12-11-9-7(13)6-4-2-1-3-5-6/h1-5,11H,(H,9,13). The molecule has 66 valence electrons. The molecule has 6 heteroatoms. The lowest BCUT2D eigenvalue weighted by Crippen LogP contribution is -2.32. The zero-order chi connectivity index (χ0) is 9.52. The van der Waals surface area contributed by atoms with E-state index in [0.29, 0.717) is 5.56 Å². The molecule has 0 radical (unpaired) electrons. The smallest absolute Gasteiger partial charge is 0.266 e. The second-order valence-corrected chi connectivity index (χ2v) is 2.12. The highest BCUT2D eigenvalue weighted by Gasteiger charge is 2.02. The monoisotopic (exact) mass is 177 g/mol. The molecule has 6 nitrogen and oxygen atoms in total. The van der Waals surface area contributed by atoms with Crippen molar-refractivity contribution in [3.05, 3.63) is 46.3 Å². The van der Waals surface area contributed by atoms with Crippen LogP contribution in [-0.4, -0.2) is 5.91 Å². The number of rotatable bonds is 3. The fourth-order valence-corrected chi connectivity index (χ4v) is 0.760. The maximum absolute atomic E-state index is 11.2. The second-order valence-electron chi connectivity index (χ2n) is 2.12. The van der Waals surface area contributed by atoms with Gasteiger partial charge in [-0.2, -0.15) is 15.9 Å². The van der Waals surface area contributed by atoms with E-state index in [-0.39, 0.29) is 5.91 Å². The normalized spacial score (nSPS) is 8.31. The number of hydrogen-bond acceptors (Lipinski definition) is 2. The molecule has 0 fully saturated rings. The van der Waals surface area contributed by atoms with Crippen LogP contribution < -0.4 is 11.0 Å². The molecule has 1 aromatic rings. The van der Waals surface area contributed by atoms with E-state index in [0.717, 1.165) is 0 Å². The van der Waals surface area contributed by atoms with Gasteiger partial charge in [-0.05, 0) is 12.1 Å². The Morgan fingerprint density at radius 2 is 2.08 bits per heavy atom. The number of azide groups is 1. The zero-order valence-corrected chi connectivity index (χ0v) is 6.64. The van der Waals surface area contributed by atoms with Gasteiger partial charge in [-0.25, -0.2) is 0 Å². The van der Waals surface area contributed by atoms with Gasteiger partial charge in [-0.3, -0.25) is 4.79 Å². The Bertz CT molecular complexity index is 330. The van der Waals surface area contributed by atoms with Gasteiger partial charge in [-0.15, -0.1) is 5.53 Å². The van der Waals surface area contributed by atoms with E-state index in [2.05, 4.69) is 15.6 Å². The maximum atomic E-state index is 11.2. The van der Waals surface area contributed by atoms with Crippen molar-refractivity contribution in [2.75, 3.05) is 0 Å². The van der Waals surface area contributed by atoms with E-state index >= 15 is 0 Å². The average Bonchev–Trinajstić information content (AvgIpc) is 2.19. The van der Waals surface area contributed by atoms with E-state index in [1.165, 1.54) is 0 Å². The van der Waals surface area contributed by atoms with Crippen LogP contribution in [0.4, 0.5) is 0 Å². The summed E-state index contributed by atoms with van der Waals surface area (Å²) in [6.07, 6.45) is 0. The first-order chi connectivity index (χ1) is 6.34. The highest BCUT2D eigenvalue weighted by atomic mass is 16.2. The van der Waals surface area contributed by atoms with Crippen LogP contribution >= 0.6 is 0 Å². The maximum Gasteiger partial charge on any atom is 0.286 e. The van der Waals surface area contributed by atoms with Crippen molar-refractivity contribution < 1.29 is 4.79 Å². The summed E-state index contributed by atoms with van der Waals surface area (Å²) in [6.45, 7) is 0. The van der Waals surface area contributed by atoms with Gasteiger partial charge in [0.25, 0.3) is 5.91 Å². The molecule has 1 rings (SSSR count). The summed E-state index contributed by atoms with van der Waals surface area (Å²) in [5.74, 6) is -0.354. The van der Waals surface area contributed by atoms with Crippen molar-refractivity contribution in [1.29, 1.82) is 0 Å². The number of hydrazine groups is 1. The van der Waals surface area contributed by atoms with Gasteiger partial charge >= 0.3 is 0 Å². The van der Waals surface area contributed by atoms with Gasteiger partial charge in [0.1, 0.15) is 0 Å². The van der Waals surface area contributed by atoms with Gasteiger partial charge in [0.05, 0.1) is 0 Å². The lowest BCUT2D eigenvalue weighted by molar-refractivity contribution is 0.0933. The topological polar surface area (TPSA) is 89.9 Å². The van der Waals surface area contributed by atoms with E-state index in [1.807, 2.05) is 5.53 Å². The molecule has 2 N–H and O–H groups in total. The minimum Gasteiger partial charge on any atom is -0.266 e. The Kier molecular flexibility index (Phi) is 3.17. The molecular formula is C7H7N5O. The molecule has 0 saturated carbocycles. The molecule has 0 heterocycles. The van der Waals surface area contributed by atoms with Gasteiger partial charge in [0.15, 0.2) is 0 Å². The van der Waals surface area contributed by atoms with E-state index in [4.69, 9.17) is 5.53 Å². The van der Waals surface area contributed by atoms with Gasteiger partial charge in [-0.1, -0.05) is 18.2 Å². The van der Waals surface area contributed by atoms with Crippen LogP contribution in [0.2, 0.25) is 0 Å². The summed E-state index contributed by atoms with van der Waals surface area (Å²) >= 11 is 0. The third kappa shape index (κ3) is 2.72. The number of benzene rings is 1. The number of nitrogens with zero attached hydrogens (tertiary/aromatic N) is 3. The molecule has 1 amide bonds. The van der Waals surface area contributed by atoms with Crippen molar-refractivity contribution in [2.24, 2.45) is 5.22 Å². The molecule has 0 aliphatic carbocycles. The molecule has 0 aliphatic rings. The van der Waals surface area contributed by atoms with Gasteiger partial charge in [0, 0.05) is 10.8 Å². The highest BCUT2D eigenvalue weighted by molar-refractivity contribution is 5.93. The van der Waals surface area contributed by atoms with Crippen LogP contribution in [-0.2, 0) is 0 Å². The third-order valence-electron chi connectivity index (χ3n) is 1.30. The summed E-state index contributed by atoms with van der Waals surface area (Å²) in [4.78, 5) is 13.6. The van der Waals surface area contributed by atoms with Crippen LogP contribution in [0.15, 0.2) is 35.6 Å². The molecule has 13 heavy (non-hydrogen) atoms. The summed E-state index contributed by atoms with van der Waals surface area (Å²) in [5, 5.41) is 2.94. The third-order valence-corrected chi connectivity index (χ3v) is 1.30. The number of amides is 1.